The SMILES string of the molecule is C=CCNC1CCC(Nc2ccc(C(F)(F)F)cc2)CC1. The average molecular weight is 298 g/mol. The van der Waals surface area contributed by atoms with Crippen LogP contribution in [-0.2, 0) is 6.18 Å². The summed E-state index contributed by atoms with van der Waals surface area (Å²) in [4.78, 5) is 0. The van der Waals surface area contributed by atoms with Crippen molar-refractivity contribution in [1.82, 2.24) is 5.32 Å². The van der Waals surface area contributed by atoms with Crippen molar-refractivity contribution in [3.05, 3.63) is 42.5 Å². The molecule has 1 aliphatic rings. The van der Waals surface area contributed by atoms with Crippen LogP contribution in [0.25, 0.3) is 0 Å². The van der Waals surface area contributed by atoms with Crippen LogP contribution in [0.5, 0.6) is 0 Å². The molecule has 0 spiro atoms. The minimum atomic E-state index is -4.27. The van der Waals surface area contributed by atoms with Crippen LogP contribution in [0.15, 0.2) is 36.9 Å². The van der Waals surface area contributed by atoms with Gasteiger partial charge >= 0.3 is 6.18 Å². The van der Waals surface area contributed by atoms with E-state index in [2.05, 4.69) is 17.2 Å². The summed E-state index contributed by atoms with van der Waals surface area (Å²) in [5, 5.41) is 6.73. The van der Waals surface area contributed by atoms with E-state index in [1.165, 1.54) is 12.1 Å². The lowest BCUT2D eigenvalue weighted by Crippen LogP contribution is -2.36. The fourth-order valence-corrected chi connectivity index (χ4v) is 2.68. The van der Waals surface area contributed by atoms with Gasteiger partial charge in [0.15, 0.2) is 0 Å². The Balaban J connectivity index is 1.82. The van der Waals surface area contributed by atoms with Crippen molar-refractivity contribution in [2.45, 2.75) is 43.9 Å². The Bertz CT molecular complexity index is 446. The first-order valence-electron chi connectivity index (χ1n) is 7.27. The van der Waals surface area contributed by atoms with Crippen molar-refractivity contribution in [3.63, 3.8) is 0 Å². The van der Waals surface area contributed by atoms with Crippen LogP contribution in [0.4, 0.5) is 18.9 Å². The predicted molar refractivity (Wildman–Crippen MR) is 79.3 cm³/mol. The van der Waals surface area contributed by atoms with Gasteiger partial charge in [0.05, 0.1) is 5.56 Å². The molecular weight excluding hydrogens is 277 g/mol. The van der Waals surface area contributed by atoms with Gasteiger partial charge < -0.3 is 10.6 Å². The van der Waals surface area contributed by atoms with Gasteiger partial charge in [-0.25, -0.2) is 0 Å². The number of alkyl halides is 3. The van der Waals surface area contributed by atoms with Gasteiger partial charge in [-0.3, -0.25) is 0 Å². The second-order valence-electron chi connectivity index (χ2n) is 5.46. The van der Waals surface area contributed by atoms with E-state index in [1.807, 2.05) is 6.08 Å². The number of benzene rings is 1. The fourth-order valence-electron chi connectivity index (χ4n) is 2.68. The number of hydrogen-bond acceptors (Lipinski definition) is 2. The van der Waals surface area contributed by atoms with Crippen molar-refractivity contribution in [2.24, 2.45) is 0 Å². The molecule has 21 heavy (non-hydrogen) atoms. The van der Waals surface area contributed by atoms with E-state index >= 15 is 0 Å². The molecule has 0 aliphatic heterocycles. The van der Waals surface area contributed by atoms with Crippen LogP contribution in [-0.4, -0.2) is 18.6 Å². The molecule has 1 aromatic rings. The number of anilines is 1. The van der Waals surface area contributed by atoms with Crippen LogP contribution in [0, 0.1) is 0 Å². The molecular formula is C16H21F3N2. The van der Waals surface area contributed by atoms with Crippen LogP contribution in [0.3, 0.4) is 0 Å². The topological polar surface area (TPSA) is 24.1 Å². The van der Waals surface area contributed by atoms with Crippen LogP contribution in [0.1, 0.15) is 31.2 Å². The molecule has 0 saturated heterocycles. The summed E-state index contributed by atoms with van der Waals surface area (Å²) in [5.41, 5.74) is 0.149. The van der Waals surface area contributed by atoms with Crippen LogP contribution < -0.4 is 10.6 Å². The molecule has 2 N–H and O–H groups in total. The zero-order chi connectivity index (χ0) is 15.3. The molecule has 0 bridgehead atoms. The van der Waals surface area contributed by atoms with Gasteiger partial charge in [-0.05, 0) is 49.9 Å². The first-order chi connectivity index (χ1) is 9.99. The van der Waals surface area contributed by atoms with E-state index in [9.17, 15) is 13.2 Å². The summed E-state index contributed by atoms with van der Waals surface area (Å²) in [5.74, 6) is 0. The molecule has 1 aromatic carbocycles. The normalized spacial score (nSPS) is 22.8. The Kier molecular flexibility index (Phi) is 5.28. The Hall–Kier alpha value is -1.49. The van der Waals surface area contributed by atoms with Crippen LogP contribution >= 0.6 is 0 Å². The standard InChI is InChI=1S/C16H21F3N2/c1-2-11-20-13-7-9-15(10-8-13)21-14-5-3-12(4-6-14)16(17,18)19/h2-6,13,15,20-21H,1,7-11H2. The molecule has 1 fully saturated rings. The van der Waals surface area contributed by atoms with Crippen molar-refractivity contribution in [2.75, 3.05) is 11.9 Å². The molecule has 1 saturated carbocycles. The van der Waals surface area contributed by atoms with Crippen LogP contribution in [0.2, 0.25) is 0 Å². The largest absolute Gasteiger partial charge is 0.416 e. The highest BCUT2D eigenvalue weighted by Gasteiger charge is 2.30. The number of nitrogens with one attached hydrogen (secondary N) is 2. The van der Waals surface area contributed by atoms with Gasteiger partial charge in [0, 0.05) is 24.3 Å². The summed E-state index contributed by atoms with van der Waals surface area (Å²) in [6, 6.07) is 6.12. The maximum atomic E-state index is 12.5. The first kappa shape index (κ1) is 15.9. The third-order valence-corrected chi connectivity index (χ3v) is 3.86. The van der Waals surface area contributed by atoms with Crippen molar-refractivity contribution >= 4 is 5.69 Å². The van der Waals surface area contributed by atoms with Crippen molar-refractivity contribution in [1.29, 1.82) is 0 Å². The Morgan fingerprint density at radius 1 is 1.05 bits per heavy atom. The van der Waals surface area contributed by atoms with Gasteiger partial charge in [-0.2, -0.15) is 13.2 Å². The summed E-state index contributed by atoms with van der Waals surface area (Å²) < 4.78 is 37.5. The zero-order valence-electron chi connectivity index (χ0n) is 11.9. The van der Waals surface area contributed by atoms with Gasteiger partial charge in [0.1, 0.15) is 0 Å². The van der Waals surface area contributed by atoms with E-state index < -0.39 is 11.7 Å². The molecule has 0 radical (unpaired) electrons. The summed E-state index contributed by atoms with van der Waals surface area (Å²) >= 11 is 0. The van der Waals surface area contributed by atoms with Crippen molar-refractivity contribution < 1.29 is 13.2 Å². The van der Waals surface area contributed by atoms with E-state index in [1.54, 1.807) is 0 Å². The lowest BCUT2D eigenvalue weighted by atomic mass is 9.91. The monoisotopic (exact) mass is 298 g/mol. The average Bonchev–Trinajstić information content (AvgIpc) is 2.46. The highest BCUT2D eigenvalue weighted by molar-refractivity contribution is 5.46. The maximum absolute atomic E-state index is 12.5. The predicted octanol–water partition coefficient (Wildman–Crippen LogP) is 4.20. The molecule has 2 rings (SSSR count). The Morgan fingerprint density at radius 2 is 1.62 bits per heavy atom. The van der Waals surface area contributed by atoms with E-state index in [4.69, 9.17) is 0 Å². The summed E-state index contributed by atoms with van der Waals surface area (Å²) in [6.45, 7) is 4.51. The second-order valence-corrected chi connectivity index (χ2v) is 5.46. The molecule has 0 unspecified atom stereocenters. The van der Waals surface area contributed by atoms with E-state index in [-0.39, 0.29) is 0 Å². The first-order valence-corrected chi connectivity index (χ1v) is 7.27. The maximum Gasteiger partial charge on any atom is 0.416 e. The highest BCUT2D eigenvalue weighted by Crippen LogP contribution is 2.30. The van der Waals surface area contributed by atoms with Gasteiger partial charge in [0.25, 0.3) is 0 Å². The molecule has 2 nitrogen and oxygen atoms in total. The summed E-state index contributed by atoms with van der Waals surface area (Å²) in [7, 11) is 0. The van der Waals surface area contributed by atoms with E-state index in [0.29, 0.717) is 12.1 Å². The number of rotatable bonds is 5. The molecule has 116 valence electrons. The lowest BCUT2D eigenvalue weighted by Gasteiger charge is -2.30. The zero-order valence-corrected chi connectivity index (χ0v) is 11.9. The molecule has 0 amide bonds. The summed E-state index contributed by atoms with van der Waals surface area (Å²) in [6.07, 6.45) is 1.78. The molecule has 0 heterocycles. The van der Waals surface area contributed by atoms with Gasteiger partial charge in [0.2, 0.25) is 0 Å². The third kappa shape index (κ3) is 4.77. The molecule has 5 heteroatoms. The highest BCUT2D eigenvalue weighted by atomic mass is 19.4. The molecule has 0 aromatic heterocycles. The molecule has 1 aliphatic carbocycles. The number of hydrogen-bond donors (Lipinski definition) is 2. The minimum absolute atomic E-state index is 0.337. The Morgan fingerprint density at radius 3 is 2.14 bits per heavy atom. The fraction of sp³-hybridized carbons (Fsp3) is 0.500. The smallest absolute Gasteiger partial charge is 0.382 e. The second kappa shape index (κ2) is 6.98. The van der Waals surface area contributed by atoms with E-state index in [0.717, 1.165) is 50.0 Å². The van der Waals surface area contributed by atoms with Gasteiger partial charge in [-0.1, -0.05) is 6.08 Å². The van der Waals surface area contributed by atoms with Gasteiger partial charge in [-0.15, -0.1) is 6.58 Å². The number of halogens is 3. The third-order valence-electron chi connectivity index (χ3n) is 3.86. The Labute approximate surface area is 123 Å². The minimum Gasteiger partial charge on any atom is -0.382 e. The molecule has 0 atom stereocenters. The quantitative estimate of drug-likeness (QED) is 0.796. The lowest BCUT2D eigenvalue weighted by molar-refractivity contribution is -0.137. The van der Waals surface area contributed by atoms with Crippen molar-refractivity contribution in [3.8, 4) is 0 Å².